The van der Waals surface area contributed by atoms with Crippen LogP contribution in [0.4, 0.5) is 5.00 Å². The third-order valence-electron chi connectivity index (χ3n) is 2.45. The van der Waals surface area contributed by atoms with Crippen molar-refractivity contribution in [2.24, 2.45) is 4.99 Å². The Balaban J connectivity index is 3.16. The van der Waals surface area contributed by atoms with Gasteiger partial charge in [0, 0.05) is 20.0 Å². The maximum atomic E-state index is 9.17. The molecule has 1 unspecified atom stereocenters. The molecule has 0 saturated heterocycles. The molecule has 17 heavy (non-hydrogen) atoms. The second kappa shape index (κ2) is 5.99. The Labute approximate surface area is 111 Å². The third kappa shape index (κ3) is 3.18. The van der Waals surface area contributed by atoms with Gasteiger partial charge in [0.1, 0.15) is 11.6 Å². The van der Waals surface area contributed by atoms with Gasteiger partial charge in [0.05, 0.1) is 5.69 Å². The van der Waals surface area contributed by atoms with E-state index in [0.717, 1.165) is 12.1 Å². The summed E-state index contributed by atoms with van der Waals surface area (Å²) in [6.45, 7) is 4.12. The number of rotatable bonds is 3. The van der Waals surface area contributed by atoms with Crippen molar-refractivity contribution in [3.05, 3.63) is 11.3 Å². The number of nitriles is 1. The van der Waals surface area contributed by atoms with E-state index >= 15 is 0 Å². The lowest BCUT2D eigenvalue weighted by molar-refractivity contribution is 0.635. The molecule has 4 nitrogen and oxygen atoms in total. The lowest BCUT2D eigenvalue weighted by atomic mass is 10.0. The van der Waals surface area contributed by atoms with Gasteiger partial charge in [-0.25, -0.2) is 4.99 Å². The van der Waals surface area contributed by atoms with Crippen LogP contribution < -0.4 is 0 Å². The Morgan fingerprint density at radius 1 is 1.65 bits per heavy atom. The summed E-state index contributed by atoms with van der Waals surface area (Å²) in [6, 6.07) is 2.17. The lowest BCUT2D eigenvalue weighted by Crippen LogP contribution is -2.15. The highest BCUT2D eigenvalue weighted by atomic mass is 35.5. The van der Waals surface area contributed by atoms with E-state index in [0.29, 0.717) is 15.9 Å². The SMILES string of the molecule is CCC(C)c1nsc(/N=C(\Cl)N(C)C)c1C#N. The van der Waals surface area contributed by atoms with Gasteiger partial charge in [0.25, 0.3) is 0 Å². The summed E-state index contributed by atoms with van der Waals surface area (Å²) in [4.78, 5) is 5.89. The Morgan fingerprint density at radius 2 is 2.29 bits per heavy atom. The monoisotopic (exact) mass is 270 g/mol. The van der Waals surface area contributed by atoms with Gasteiger partial charge in [-0.15, -0.1) is 0 Å². The Bertz CT molecular complexity index is 459. The number of hydrogen-bond donors (Lipinski definition) is 0. The third-order valence-corrected chi connectivity index (χ3v) is 3.63. The fraction of sp³-hybridized carbons (Fsp3) is 0.545. The zero-order valence-electron chi connectivity index (χ0n) is 10.4. The number of halogens is 1. The first-order valence-electron chi connectivity index (χ1n) is 5.32. The molecule has 0 aliphatic heterocycles. The number of amidine groups is 1. The second-order valence-electron chi connectivity index (χ2n) is 3.94. The number of nitrogens with zero attached hydrogens (tertiary/aromatic N) is 4. The van der Waals surface area contributed by atoms with Crippen molar-refractivity contribution in [2.75, 3.05) is 14.1 Å². The molecule has 92 valence electrons. The van der Waals surface area contributed by atoms with Gasteiger partial charge in [0.2, 0.25) is 0 Å². The van der Waals surface area contributed by atoms with Crippen molar-refractivity contribution in [3.8, 4) is 6.07 Å². The minimum absolute atomic E-state index is 0.267. The molecule has 1 aromatic heterocycles. The van der Waals surface area contributed by atoms with E-state index in [4.69, 9.17) is 11.6 Å². The molecule has 0 aromatic carbocycles. The largest absolute Gasteiger partial charge is 0.353 e. The van der Waals surface area contributed by atoms with Crippen molar-refractivity contribution < 1.29 is 0 Å². The van der Waals surface area contributed by atoms with Crippen LogP contribution in [0.3, 0.4) is 0 Å². The molecule has 0 saturated carbocycles. The topological polar surface area (TPSA) is 52.3 Å². The van der Waals surface area contributed by atoms with Crippen LogP contribution >= 0.6 is 23.1 Å². The predicted octanol–water partition coefficient (Wildman–Crippen LogP) is 3.32. The molecule has 6 heteroatoms. The first-order chi connectivity index (χ1) is 8.01. The first-order valence-corrected chi connectivity index (χ1v) is 6.47. The van der Waals surface area contributed by atoms with E-state index in [9.17, 15) is 5.26 Å². The standard InChI is InChI=1S/C11H15ClN4S/c1-5-7(2)9-8(6-13)10(17-15-9)14-11(12)16(3)4/h7H,5H2,1-4H3/b14-11+. The van der Waals surface area contributed by atoms with Crippen molar-refractivity contribution in [3.63, 3.8) is 0 Å². The smallest absolute Gasteiger partial charge is 0.199 e. The molecule has 0 N–H and O–H groups in total. The molecular weight excluding hydrogens is 256 g/mol. The molecule has 0 bridgehead atoms. The molecule has 0 aliphatic rings. The Kier molecular flexibility index (Phi) is 4.91. The van der Waals surface area contributed by atoms with Gasteiger partial charge < -0.3 is 4.90 Å². The lowest BCUT2D eigenvalue weighted by Gasteiger charge is -2.07. The molecule has 0 spiro atoms. The molecular formula is C11H15ClN4S. The van der Waals surface area contributed by atoms with Gasteiger partial charge in [0.15, 0.2) is 10.3 Å². The van der Waals surface area contributed by atoms with Gasteiger partial charge in [-0.05, 0) is 29.6 Å². The van der Waals surface area contributed by atoms with Crippen LogP contribution in [0.2, 0.25) is 0 Å². The minimum atomic E-state index is 0.267. The van der Waals surface area contributed by atoms with Crippen molar-refractivity contribution in [2.45, 2.75) is 26.2 Å². The summed E-state index contributed by atoms with van der Waals surface area (Å²) < 4.78 is 4.31. The molecule has 1 atom stereocenters. The van der Waals surface area contributed by atoms with Crippen LogP contribution in [0.15, 0.2) is 4.99 Å². The number of aromatic nitrogens is 1. The van der Waals surface area contributed by atoms with Crippen LogP contribution in [-0.2, 0) is 0 Å². The van der Waals surface area contributed by atoms with Gasteiger partial charge in [-0.2, -0.15) is 9.64 Å². The number of hydrogen-bond acceptors (Lipinski definition) is 4. The van der Waals surface area contributed by atoms with Crippen LogP contribution in [0.5, 0.6) is 0 Å². The molecule has 0 aliphatic carbocycles. The van der Waals surface area contributed by atoms with Crippen molar-refractivity contribution in [1.82, 2.24) is 9.27 Å². The number of aliphatic imine (C=N–C) groups is 1. The molecule has 1 rings (SSSR count). The zero-order valence-corrected chi connectivity index (χ0v) is 11.9. The van der Waals surface area contributed by atoms with Crippen LogP contribution in [0.25, 0.3) is 0 Å². The summed E-state index contributed by atoms with van der Waals surface area (Å²) in [5.41, 5.74) is 1.37. The maximum absolute atomic E-state index is 9.17. The summed E-state index contributed by atoms with van der Waals surface area (Å²) >= 11 is 7.17. The van der Waals surface area contributed by atoms with Crippen molar-refractivity contribution >= 4 is 33.4 Å². The fourth-order valence-electron chi connectivity index (χ4n) is 1.19. The quantitative estimate of drug-likeness (QED) is 0.481. The fourth-order valence-corrected chi connectivity index (χ4v) is 2.15. The van der Waals surface area contributed by atoms with Gasteiger partial charge in [-0.3, -0.25) is 0 Å². The summed E-state index contributed by atoms with van der Waals surface area (Å²) in [7, 11) is 3.60. The summed E-state index contributed by atoms with van der Waals surface area (Å²) in [5.74, 6) is 0.267. The van der Waals surface area contributed by atoms with Crippen LogP contribution in [0.1, 0.15) is 37.4 Å². The highest BCUT2D eigenvalue weighted by Crippen LogP contribution is 2.33. The summed E-state index contributed by atoms with van der Waals surface area (Å²) in [5, 5.41) is 10.1. The Hall–Kier alpha value is -1.12. The zero-order chi connectivity index (χ0) is 13.0. The average Bonchev–Trinajstić information content (AvgIpc) is 2.70. The minimum Gasteiger partial charge on any atom is -0.353 e. The summed E-state index contributed by atoms with van der Waals surface area (Å²) in [6.07, 6.45) is 0.947. The molecule has 0 fully saturated rings. The normalized spacial score (nSPS) is 13.3. The van der Waals surface area contributed by atoms with Crippen molar-refractivity contribution in [1.29, 1.82) is 5.26 Å². The second-order valence-corrected chi connectivity index (χ2v) is 5.03. The Morgan fingerprint density at radius 3 is 2.76 bits per heavy atom. The van der Waals surface area contributed by atoms with E-state index in [2.05, 4.69) is 29.3 Å². The van der Waals surface area contributed by atoms with Crippen LogP contribution in [-0.4, -0.2) is 28.7 Å². The van der Waals surface area contributed by atoms with E-state index in [1.165, 1.54) is 11.5 Å². The highest BCUT2D eigenvalue weighted by Gasteiger charge is 2.18. The maximum Gasteiger partial charge on any atom is 0.199 e. The van der Waals surface area contributed by atoms with E-state index < -0.39 is 0 Å². The van der Waals surface area contributed by atoms with E-state index in [-0.39, 0.29) is 5.92 Å². The van der Waals surface area contributed by atoms with Crippen LogP contribution in [0, 0.1) is 11.3 Å². The van der Waals surface area contributed by atoms with Gasteiger partial charge >= 0.3 is 0 Å². The van der Waals surface area contributed by atoms with E-state index in [1.54, 1.807) is 19.0 Å². The average molecular weight is 271 g/mol. The molecule has 1 heterocycles. The molecule has 0 radical (unpaired) electrons. The predicted molar refractivity (Wildman–Crippen MR) is 72.2 cm³/mol. The molecule has 0 amide bonds. The highest BCUT2D eigenvalue weighted by molar-refractivity contribution is 7.10. The van der Waals surface area contributed by atoms with Gasteiger partial charge in [-0.1, -0.05) is 13.8 Å². The first kappa shape index (κ1) is 13.9. The molecule has 1 aromatic rings. The van der Waals surface area contributed by atoms with E-state index in [1.807, 2.05) is 0 Å².